The predicted octanol–water partition coefficient (Wildman–Crippen LogP) is 3.21. The molecule has 0 atom stereocenters. The zero-order valence-electron chi connectivity index (χ0n) is 11.1. The van der Waals surface area contributed by atoms with Gasteiger partial charge in [-0.2, -0.15) is 5.10 Å². The van der Waals surface area contributed by atoms with Crippen molar-refractivity contribution in [1.82, 2.24) is 15.5 Å². The van der Waals surface area contributed by atoms with Crippen molar-refractivity contribution in [2.75, 3.05) is 6.54 Å². The summed E-state index contributed by atoms with van der Waals surface area (Å²) in [4.78, 5) is 0. The first-order chi connectivity index (χ1) is 8.75. The monoisotopic (exact) mass is 243 g/mol. The second kappa shape index (κ2) is 6.36. The minimum Gasteiger partial charge on any atom is -0.313 e. The van der Waals surface area contributed by atoms with E-state index in [1.165, 1.54) is 17.5 Å². The molecule has 96 valence electrons. The molecule has 0 aliphatic rings. The molecule has 2 N–H and O–H groups in total. The number of benzene rings is 1. The third kappa shape index (κ3) is 3.70. The van der Waals surface area contributed by atoms with Gasteiger partial charge in [-0.15, -0.1) is 0 Å². The normalized spacial score (nSPS) is 11.1. The van der Waals surface area contributed by atoms with Gasteiger partial charge in [0.2, 0.25) is 0 Å². The molecule has 0 spiro atoms. The Bertz CT molecular complexity index is 443. The molecule has 3 heteroatoms. The lowest BCUT2D eigenvalue weighted by atomic mass is 10.1. The molecule has 2 aromatic rings. The van der Waals surface area contributed by atoms with Crippen molar-refractivity contribution in [2.45, 2.75) is 26.8 Å². The fourth-order valence-electron chi connectivity index (χ4n) is 1.84. The zero-order chi connectivity index (χ0) is 12.8. The van der Waals surface area contributed by atoms with Gasteiger partial charge in [0.1, 0.15) is 0 Å². The molecule has 1 aromatic carbocycles. The number of hydrogen-bond acceptors (Lipinski definition) is 2. The van der Waals surface area contributed by atoms with Crippen LogP contribution >= 0.6 is 0 Å². The van der Waals surface area contributed by atoms with E-state index in [-0.39, 0.29) is 0 Å². The minimum absolute atomic E-state index is 0.764. The van der Waals surface area contributed by atoms with E-state index in [0.717, 1.165) is 24.7 Å². The van der Waals surface area contributed by atoms with E-state index in [4.69, 9.17) is 0 Å². The summed E-state index contributed by atoms with van der Waals surface area (Å²) in [6.07, 6.45) is 3.00. The van der Waals surface area contributed by atoms with Gasteiger partial charge in [0, 0.05) is 12.7 Å². The molecule has 3 nitrogen and oxygen atoms in total. The van der Waals surface area contributed by atoms with Crippen LogP contribution < -0.4 is 5.32 Å². The van der Waals surface area contributed by atoms with Gasteiger partial charge in [-0.3, -0.25) is 5.10 Å². The highest BCUT2D eigenvalue weighted by molar-refractivity contribution is 5.58. The van der Waals surface area contributed by atoms with Gasteiger partial charge in [0.05, 0.1) is 5.69 Å². The molecular formula is C15H21N3. The minimum atomic E-state index is 0.764. The fourth-order valence-corrected chi connectivity index (χ4v) is 1.84. The average Bonchev–Trinajstić information content (AvgIpc) is 2.89. The Kier molecular flexibility index (Phi) is 4.53. The second-order valence-electron chi connectivity index (χ2n) is 5.03. The van der Waals surface area contributed by atoms with E-state index in [0.29, 0.717) is 0 Å². The summed E-state index contributed by atoms with van der Waals surface area (Å²) in [5.74, 6) is 0.764. The predicted molar refractivity (Wildman–Crippen MR) is 75.2 cm³/mol. The van der Waals surface area contributed by atoms with Crippen LogP contribution in [0, 0.1) is 5.92 Å². The summed E-state index contributed by atoms with van der Waals surface area (Å²) >= 11 is 0. The summed E-state index contributed by atoms with van der Waals surface area (Å²) in [6, 6.07) is 10.6. The van der Waals surface area contributed by atoms with Crippen molar-refractivity contribution in [1.29, 1.82) is 0 Å². The first-order valence-corrected chi connectivity index (χ1v) is 6.55. The van der Waals surface area contributed by atoms with Gasteiger partial charge in [0.15, 0.2) is 0 Å². The van der Waals surface area contributed by atoms with Gasteiger partial charge in [0.25, 0.3) is 0 Å². The van der Waals surface area contributed by atoms with Crippen molar-refractivity contribution in [3.05, 3.63) is 42.1 Å². The highest BCUT2D eigenvalue weighted by Crippen LogP contribution is 2.16. The lowest BCUT2D eigenvalue weighted by molar-refractivity contribution is 0.537. The Morgan fingerprint density at radius 3 is 2.56 bits per heavy atom. The van der Waals surface area contributed by atoms with Crippen LogP contribution in [0.5, 0.6) is 0 Å². The highest BCUT2D eigenvalue weighted by atomic mass is 15.1. The molecule has 1 aromatic heterocycles. The summed E-state index contributed by atoms with van der Waals surface area (Å²) in [7, 11) is 0. The summed E-state index contributed by atoms with van der Waals surface area (Å²) < 4.78 is 0. The molecule has 18 heavy (non-hydrogen) atoms. The van der Waals surface area contributed by atoms with Gasteiger partial charge in [-0.1, -0.05) is 38.1 Å². The van der Waals surface area contributed by atoms with Crippen molar-refractivity contribution < 1.29 is 0 Å². The number of nitrogens with one attached hydrogen (secondary N) is 2. The van der Waals surface area contributed by atoms with Crippen molar-refractivity contribution in [2.24, 2.45) is 5.92 Å². The van der Waals surface area contributed by atoms with Gasteiger partial charge < -0.3 is 5.32 Å². The Labute approximate surface area is 109 Å². The van der Waals surface area contributed by atoms with E-state index >= 15 is 0 Å². The smallest absolute Gasteiger partial charge is 0.0650 e. The van der Waals surface area contributed by atoms with Gasteiger partial charge >= 0.3 is 0 Å². The van der Waals surface area contributed by atoms with Crippen LogP contribution in [-0.4, -0.2) is 16.7 Å². The average molecular weight is 243 g/mol. The second-order valence-corrected chi connectivity index (χ2v) is 5.03. The maximum Gasteiger partial charge on any atom is 0.0650 e. The van der Waals surface area contributed by atoms with E-state index in [2.05, 4.69) is 53.6 Å². The van der Waals surface area contributed by atoms with Crippen molar-refractivity contribution in [3.8, 4) is 11.3 Å². The highest BCUT2D eigenvalue weighted by Gasteiger charge is 1.99. The number of aromatic nitrogens is 2. The molecule has 0 unspecified atom stereocenters. The topological polar surface area (TPSA) is 40.7 Å². The molecule has 1 heterocycles. The van der Waals surface area contributed by atoms with Gasteiger partial charge in [-0.05, 0) is 36.1 Å². The number of H-pyrrole nitrogens is 1. The zero-order valence-corrected chi connectivity index (χ0v) is 11.1. The summed E-state index contributed by atoms with van der Waals surface area (Å²) in [5.41, 5.74) is 3.56. The Balaban J connectivity index is 1.84. The molecule has 0 aliphatic carbocycles. The largest absolute Gasteiger partial charge is 0.313 e. The third-order valence-electron chi connectivity index (χ3n) is 2.99. The fraction of sp³-hybridized carbons (Fsp3) is 0.400. The van der Waals surface area contributed by atoms with Crippen LogP contribution in [-0.2, 0) is 6.54 Å². The van der Waals surface area contributed by atoms with E-state index in [9.17, 15) is 0 Å². The maximum atomic E-state index is 3.96. The molecule has 0 saturated carbocycles. The Morgan fingerprint density at radius 2 is 1.94 bits per heavy atom. The van der Waals surface area contributed by atoms with E-state index in [1.54, 1.807) is 6.20 Å². The summed E-state index contributed by atoms with van der Waals surface area (Å²) in [6.45, 7) is 6.53. The lowest BCUT2D eigenvalue weighted by Gasteiger charge is -2.07. The molecule has 0 fully saturated rings. The van der Waals surface area contributed by atoms with Crippen LogP contribution in [0.4, 0.5) is 0 Å². The van der Waals surface area contributed by atoms with Crippen molar-refractivity contribution in [3.63, 3.8) is 0 Å². The molecule has 0 radical (unpaired) electrons. The summed E-state index contributed by atoms with van der Waals surface area (Å²) in [5, 5.41) is 10.4. The molecular weight excluding hydrogens is 222 g/mol. The quantitative estimate of drug-likeness (QED) is 0.765. The van der Waals surface area contributed by atoms with Crippen molar-refractivity contribution >= 4 is 0 Å². The number of nitrogens with zero attached hydrogens (tertiary/aromatic N) is 1. The molecule has 0 bridgehead atoms. The third-order valence-corrected chi connectivity index (χ3v) is 2.99. The van der Waals surface area contributed by atoms with Crippen LogP contribution in [0.1, 0.15) is 25.8 Å². The van der Waals surface area contributed by atoms with Gasteiger partial charge in [-0.25, -0.2) is 0 Å². The van der Waals surface area contributed by atoms with Crippen LogP contribution in [0.2, 0.25) is 0 Å². The SMILES string of the molecule is CC(C)CCNCc1ccc(-c2ccn[nH]2)cc1. The van der Waals surface area contributed by atoms with Crippen LogP contribution in [0.15, 0.2) is 36.5 Å². The molecule has 0 saturated heterocycles. The molecule has 0 amide bonds. The number of hydrogen-bond donors (Lipinski definition) is 2. The first kappa shape index (κ1) is 12.8. The maximum absolute atomic E-state index is 3.96. The Morgan fingerprint density at radius 1 is 1.17 bits per heavy atom. The van der Waals surface area contributed by atoms with Crippen LogP contribution in [0.25, 0.3) is 11.3 Å². The molecule has 2 rings (SSSR count). The lowest BCUT2D eigenvalue weighted by Crippen LogP contribution is -2.16. The first-order valence-electron chi connectivity index (χ1n) is 6.55. The standard InChI is InChI=1S/C15H21N3/c1-12(2)7-9-16-11-13-3-5-14(6-4-13)15-8-10-17-18-15/h3-6,8,10,12,16H,7,9,11H2,1-2H3,(H,17,18). The number of aromatic amines is 1. The molecule has 0 aliphatic heterocycles. The Hall–Kier alpha value is -1.61. The van der Waals surface area contributed by atoms with E-state index < -0.39 is 0 Å². The number of rotatable bonds is 6. The van der Waals surface area contributed by atoms with E-state index in [1.807, 2.05) is 6.07 Å². The van der Waals surface area contributed by atoms with Crippen LogP contribution in [0.3, 0.4) is 0 Å².